The third-order valence-corrected chi connectivity index (χ3v) is 4.17. The van der Waals surface area contributed by atoms with Crippen LogP contribution in [0.1, 0.15) is 37.8 Å². The van der Waals surface area contributed by atoms with Crippen molar-refractivity contribution in [1.82, 2.24) is 25.5 Å². The summed E-state index contributed by atoms with van der Waals surface area (Å²) in [4.78, 5) is 0.833. The van der Waals surface area contributed by atoms with Gasteiger partial charge in [0.15, 0.2) is 0 Å². The zero-order valence-electron chi connectivity index (χ0n) is 11.9. The van der Waals surface area contributed by atoms with Gasteiger partial charge in [0, 0.05) is 11.4 Å². The number of aromatic nitrogens is 4. The minimum atomic E-state index is -0.223. The van der Waals surface area contributed by atoms with E-state index in [0.717, 1.165) is 41.4 Å². The lowest BCUT2D eigenvalue weighted by atomic mass is 10.2. The van der Waals surface area contributed by atoms with Crippen LogP contribution in [0, 0.1) is 5.82 Å². The van der Waals surface area contributed by atoms with Gasteiger partial charge < -0.3 is 5.32 Å². The Labute approximate surface area is 127 Å². The number of benzene rings is 1. The molecule has 3 rings (SSSR count). The van der Waals surface area contributed by atoms with E-state index in [4.69, 9.17) is 0 Å². The molecule has 1 aromatic carbocycles. The second-order valence-corrected chi connectivity index (χ2v) is 6.25. The van der Waals surface area contributed by atoms with Gasteiger partial charge in [-0.3, -0.25) is 0 Å². The molecule has 0 radical (unpaired) electrons. The van der Waals surface area contributed by atoms with Crippen LogP contribution in [0.5, 0.6) is 0 Å². The highest BCUT2D eigenvalue weighted by atomic mass is 32.2. The molecular formula is C14H18FN5S. The highest BCUT2D eigenvalue weighted by Crippen LogP contribution is 2.38. The summed E-state index contributed by atoms with van der Waals surface area (Å²) in [5.41, 5.74) is 0.941. The molecule has 7 heteroatoms. The van der Waals surface area contributed by atoms with E-state index < -0.39 is 0 Å². The Balaban J connectivity index is 1.73. The van der Waals surface area contributed by atoms with Crippen molar-refractivity contribution >= 4 is 11.8 Å². The number of rotatable bonds is 7. The summed E-state index contributed by atoms with van der Waals surface area (Å²) in [7, 11) is 0. The van der Waals surface area contributed by atoms with Gasteiger partial charge in [0.2, 0.25) is 5.16 Å². The molecule has 1 heterocycles. The summed E-state index contributed by atoms with van der Waals surface area (Å²) < 4.78 is 15.6. The van der Waals surface area contributed by atoms with Gasteiger partial charge in [0.1, 0.15) is 5.82 Å². The second kappa shape index (κ2) is 6.53. The van der Waals surface area contributed by atoms with Gasteiger partial charge in [-0.2, -0.15) is 0 Å². The molecule has 1 aliphatic rings. The summed E-state index contributed by atoms with van der Waals surface area (Å²) >= 11 is 1.42. The zero-order chi connectivity index (χ0) is 14.7. The van der Waals surface area contributed by atoms with Gasteiger partial charge >= 0.3 is 0 Å². The summed E-state index contributed by atoms with van der Waals surface area (Å²) in [6, 6.07) is 5.50. The minimum absolute atomic E-state index is 0.223. The molecule has 21 heavy (non-hydrogen) atoms. The Morgan fingerprint density at radius 3 is 3.00 bits per heavy atom. The molecule has 0 bridgehead atoms. The Bertz CT molecular complexity index is 611. The number of tetrazole rings is 1. The predicted octanol–water partition coefficient (Wildman–Crippen LogP) is 2.80. The van der Waals surface area contributed by atoms with Crippen LogP contribution in [-0.2, 0) is 6.54 Å². The Hall–Kier alpha value is -1.47. The van der Waals surface area contributed by atoms with Crippen molar-refractivity contribution in [2.24, 2.45) is 0 Å². The fourth-order valence-corrected chi connectivity index (χ4v) is 3.05. The molecule has 0 amide bonds. The molecule has 0 spiro atoms. The number of nitrogens with zero attached hydrogens (tertiary/aromatic N) is 4. The molecule has 1 fully saturated rings. The van der Waals surface area contributed by atoms with Crippen molar-refractivity contribution < 1.29 is 4.39 Å². The third kappa shape index (κ3) is 3.79. The molecule has 1 aromatic heterocycles. The molecule has 0 unspecified atom stereocenters. The van der Waals surface area contributed by atoms with Crippen molar-refractivity contribution in [3.63, 3.8) is 0 Å². The third-order valence-electron chi connectivity index (χ3n) is 3.25. The average Bonchev–Trinajstić information content (AvgIpc) is 3.19. The molecule has 1 aliphatic carbocycles. The van der Waals surface area contributed by atoms with E-state index in [1.54, 1.807) is 6.07 Å². The molecule has 1 N–H and O–H groups in total. The van der Waals surface area contributed by atoms with Gasteiger partial charge in [0.25, 0.3) is 0 Å². The van der Waals surface area contributed by atoms with E-state index in [1.165, 1.54) is 17.8 Å². The monoisotopic (exact) mass is 307 g/mol. The minimum Gasteiger partial charge on any atom is -0.313 e. The van der Waals surface area contributed by atoms with Gasteiger partial charge in [-0.15, -0.1) is 5.10 Å². The van der Waals surface area contributed by atoms with Crippen molar-refractivity contribution in [3.05, 3.63) is 29.6 Å². The van der Waals surface area contributed by atoms with Gasteiger partial charge in [-0.1, -0.05) is 6.92 Å². The maximum absolute atomic E-state index is 13.7. The largest absolute Gasteiger partial charge is 0.313 e. The zero-order valence-corrected chi connectivity index (χ0v) is 12.7. The van der Waals surface area contributed by atoms with Crippen LogP contribution in [0.15, 0.2) is 28.3 Å². The number of halogens is 1. The first-order chi connectivity index (χ1) is 10.3. The maximum atomic E-state index is 13.7. The average molecular weight is 307 g/mol. The fourth-order valence-electron chi connectivity index (χ4n) is 2.10. The Kier molecular flexibility index (Phi) is 4.50. The van der Waals surface area contributed by atoms with Crippen LogP contribution in [-0.4, -0.2) is 26.8 Å². The van der Waals surface area contributed by atoms with E-state index in [-0.39, 0.29) is 5.82 Å². The summed E-state index contributed by atoms with van der Waals surface area (Å²) in [5, 5.41) is 15.8. The number of nitrogens with one attached hydrogen (secondary N) is 1. The lowest BCUT2D eigenvalue weighted by molar-refractivity contribution is 0.565. The van der Waals surface area contributed by atoms with E-state index in [2.05, 4.69) is 27.8 Å². The van der Waals surface area contributed by atoms with Crippen molar-refractivity contribution in [3.8, 4) is 0 Å². The van der Waals surface area contributed by atoms with Gasteiger partial charge in [-0.25, -0.2) is 9.07 Å². The van der Waals surface area contributed by atoms with Crippen molar-refractivity contribution in [2.75, 3.05) is 6.54 Å². The molecular weight excluding hydrogens is 289 g/mol. The Morgan fingerprint density at radius 1 is 1.38 bits per heavy atom. The first-order valence-corrected chi connectivity index (χ1v) is 8.04. The molecule has 5 nitrogen and oxygen atoms in total. The van der Waals surface area contributed by atoms with Gasteiger partial charge in [0.05, 0.1) is 6.04 Å². The summed E-state index contributed by atoms with van der Waals surface area (Å²) in [5.74, 6) is -0.223. The molecule has 0 aliphatic heterocycles. The van der Waals surface area contributed by atoms with Crippen LogP contribution in [0.3, 0.4) is 0 Å². The quantitative estimate of drug-likeness (QED) is 0.797. The van der Waals surface area contributed by atoms with Crippen molar-refractivity contribution in [2.45, 2.75) is 48.8 Å². The fraction of sp³-hybridized carbons (Fsp3) is 0.500. The molecule has 2 aromatic rings. The van der Waals surface area contributed by atoms with E-state index >= 15 is 0 Å². The van der Waals surface area contributed by atoms with Crippen LogP contribution in [0.2, 0.25) is 0 Å². The Morgan fingerprint density at radius 2 is 2.24 bits per heavy atom. The van der Waals surface area contributed by atoms with E-state index in [9.17, 15) is 4.39 Å². The lowest BCUT2D eigenvalue weighted by Gasteiger charge is -2.07. The topological polar surface area (TPSA) is 55.6 Å². The van der Waals surface area contributed by atoms with Crippen LogP contribution < -0.4 is 5.32 Å². The summed E-state index contributed by atoms with van der Waals surface area (Å²) in [6.45, 7) is 3.71. The molecule has 1 saturated carbocycles. The van der Waals surface area contributed by atoms with E-state index in [1.807, 2.05) is 10.7 Å². The van der Waals surface area contributed by atoms with E-state index in [0.29, 0.717) is 12.6 Å². The lowest BCUT2D eigenvalue weighted by Crippen LogP contribution is -2.13. The SMILES string of the molecule is CCCNCc1cc(F)cc(Sc2nnnn2C2CC2)c1. The smallest absolute Gasteiger partial charge is 0.214 e. The molecule has 0 atom stereocenters. The standard InChI is InChI=1S/C14H18FN5S/c1-2-5-16-9-10-6-11(15)8-13(7-10)21-14-17-18-19-20(14)12-3-4-12/h6-8,12,16H,2-5,9H2,1H3. The first-order valence-electron chi connectivity index (χ1n) is 7.22. The highest BCUT2D eigenvalue weighted by molar-refractivity contribution is 7.99. The number of hydrogen-bond acceptors (Lipinski definition) is 5. The first kappa shape index (κ1) is 14.5. The normalized spacial score (nSPS) is 14.6. The van der Waals surface area contributed by atoms with Crippen LogP contribution >= 0.6 is 11.8 Å². The van der Waals surface area contributed by atoms with Gasteiger partial charge in [-0.05, 0) is 71.8 Å². The molecule has 0 saturated heterocycles. The van der Waals surface area contributed by atoms with Crippen LogP contribution in [0.25, 0.3) is 0 Å². The maximum Gasteiger partial charge on any atom is 0.214 e. The second-order valence-electron chi connectivity index (χ2n) is 5.21. The molecule has 112 valence electrons. The van der Waals surface area contributed by atoms with Crippen molar-refractivity contribution in [1.29, 1.82) is 0 Å². The summed E-state index contributed by atoms with van der Waals surface area (Å²) in [6.07, 6.45) is 3.30. The number of hydrogen-bond donors (Lipinski definition) is 1. The van der Waals surface area contributed by atoms with Crippen LogP contribution in [0.4, 0.5) is 4.39 Å². The predicted molar refractivity (Wildman–Crippen MR) is 78.6 cm³/mol. The highest BCUT2D eigenvalue weighted by Gasteiger charge is 2.28.